The number of carbonyl (C=O) groups is 1. The van der Waals surface area contributed by atoms with Crippen molar-refractivity contribution in [2.75, 3.05) is 6.54 Å². The molecule has 0 saturated heterocycles. The molecule has 0 aliphatic rings. The van der Waals surface area contributed by atoms with Crippen LogP contribution in [0.4, 0.5) is 0 Å². The van der Waals surface area contributed by atoms with Gasteiger partial charge in [0.15, 0.2) is 0 Å². The van der Waals surface area contributed by atoms with E-state index in [-0.39, 0.29) is 0 Å². The molecule has 0 spiro atoms. The summed E-state index contributed by atoms with van der Waals surface area (Å²) in [5, 5.41) is 2.70. The van der Waals surface area contributed by atoms with E-state index in [9.17, 15) is 4.79 Å². The summed E-state index contributed by atoms with van der Waals surface area (Å²) in [5.74, 6) is 0.995. The molecule has 0 fully saturated rings. The molecular formula is C17H17N3O. The van der Waals surface area contributed by atoms with Crippen molar-refractivity contribution in [3.8, 4) is 0 Å². The van der Waals surface area contributed by atoms with E-state index in [0.717, 1.165) is 36.2 Å². The molecule has 0 saturated carbocycles. The molecule has 0 radical (unpaired) electrons. The maximum atomic E-state index is 10.4. The molecule has 4 heteroatoms. The predicted octanol–water partition coefficient (Wildman–Crippen LogP) is 2.37. The second kappa shape index (κ2) is 6.22. The first-order valence-corrected chi connectivity index (χ1v) is 7.03. The van der Waals surface area contributed by atoms with Gasteiger partial charge in [0, 0.05) is 19.5 Å². The second-order valence-electron chi connectivity index (χ2n) is 4.91. The Kier molecular flexibility index (Phi) is 3.96. The molecular weight excluding hydrogens is 262 g/mol. The Morgan fingerprint density at radius 1 is 1.05 bits per heavy atom. The summed E-state index contributed by atoms with van der Waals surface area (Å²) in [6.45, 7) is 1.39. The van der Waals surface area contributed by atoms with Crippen molar-refractivity contribution in [3.63, 3.8) is 0 Å². The van der Waals surface area contributed by atoms with Crippen LogP contribution in [-0.2, 0) is 17.8 Å². The summed E-state index contributed by atoms with van der Waals surface area (Å²) in [6.07, 6.45) is 1.45. The Hall–Kier alpha value is -2.62. The zero-order valence-electron chi connectivity index (χ0n) is 11.7. The molecule has 0 bridgehead atoms. The molecule has 106 valence electrons. The van der Waals surface area contributed by atoms with Gasteiger partial charge in [0.1, 0.15) is 5.82 Å². The molecule has 3 aromatic rings. The molecule has 0 aliphatic heterocycles. The van der Waals surface area contributed by atoms with E-state index in [4.69, 9.17) is 0 Å². The molecule has 4 nitrogen and oxygen atoms in total. The lowest BCUT2D eigenvalue weighted by atomic mass is 10.2. The third kappa shape index (κ3) is 2.94. The highest BCUT2D eigenvalue weighted by molar-refractivity contribution is 5.76. The van der Waals surface area contributed by atoms with Crippen molar-refractivity contribution >= 4 is 17.4 Å². The van der Waals surface area contributed by atoms with E-state index in [1.54, 1.807) is 0 Å². The summed E-state index contributed by atoms with van der Waals surface area (Å²) < 4.78 is 2.22. The highest BCUT2D eigenvalue weighted by Crippen LogP contribution is 2.18. The normalized spacial score (nSPS) is 10.7. The van der Waals surface area contributed by atoms with Crippen LogP contribution in [0, 0.1) is 0 Å². The minimum absolute atomic E-state index is 0.599. The van der Waals surface area contributed by atoms with Crippen molar-refractivity contribution in [1.82, 2.24) is 14.9 Å². The van der Waals surface area contributed by atoms with Crippen molar-refractivity contribution in [2.24, 2.45) is 0 Å². The van der Waals surface area contributed by atoms with Gasteiger partial charge in [-0.25, -0.2) is 4.98 Å². The monoisotopic (exact) mass is 279 g/mol. The maximum Gasteiger partial charge on any atom is 0.207 e. The standard InChI is InChI=1S/C17H17N3O/c21-13-18-11-10-17-19-15-8-4-5-9-16(15)20(17)12-14-6-2-1-3-7-14/h1-9,13H,10-12H2,(H,18,21). The Bertz CT molecular complexity index is 734. The van der Waals surface area contributed by atoms with Crippen molar-refractivity contribution in [2.45, 2.75) is 13.0 Å². The number of fused-ring (bicyclic) bond motifs is 1. The predicted molar refractivity (Wildman–Crippen MR) is 83.0 cm³/mol. The zero-order chi connectivity index (χ0) is 14.5. The van der Waals surface area contributed by atoms with Crippen LogP contribution in [0.2, 0.25) is 0 Å². The van der Waals surface area contributed by atoms with Gasteiger partial charge in [-0.2, -0.15) is 0 Å². The number of nitrogens with zero attached hydrogens (tertiary/aromatic N) is 2. The minimum atomic E-state index is 0.599. The largest absolute Gasteiger partial charge is 0.358 e. The molecule has 1 amide bonds. The van der Waals surface area contributed by atoms with Crippen LogP contribution < -0.4 is 5.32 Å². The first-order chi connectivity index (χ1) is 10.4. The number of imidazole rings is 1. The number of para-hydroxylation sites is 2. The van der Waals surface area contributed by atoms with Gasteiger partial charge in [0.25, 0.3) is 0 Å². The van der Waals surface area contributed by atoms with E-state index >= 15 is 0 Å². The molecule has 0 unspecified atom stereocenters. The number of hydrogen-bond donors (Lipinski definition) is 1. The number of nitrogens with one attached hydrogen (secondary N) is 1. The van der Waals surface area contributed by atoms with E-state index in [1.807, 2.05) is 36.4 Å². The van der Waals surface area contributed by atoms with Crippen molar-refractivity contribution in [3.05, 3.63) is 66.0 Å². The summed E-state index contributed by atoms with van der Waals surface area (Å²) in [7, 11) is 0. The van der Waals surface area contributed by atoms with Crippen LogP contribution in [0.5, 0.6) is 0 Å². The fourth-order valence-corrected chi connectivity index (χ4v) is 2.50. The van der Waals surface area contributed by atoms with Crippen LogP contribution in [0.1, 0.15) is 11.4 Å². The number of hydrogen-bond acceptors (Lipinski definition) is 2. The lowest BCUT2D eigenvalue weighted by molar-refractivity contribution is -0.109. The van der Waals surface area contributed by atoms with E-state index < -0.39 is 0 Å². The average Bonchev–Trinajstić information content (AvgIpc) is 2.87. The molecule has 1 N–H and O–H groups in total. The molecule has 0 aliphatic carbocycles. The molecule has 1 heterocycles. The first-order valence-electron chi connectivity index (χ1n) is 7.03. The minimum Gasteiger partial charge on any atom is -0.358 e. The van der Waals surface area contributed by atoms with E-state index in [0.29, 0.717) is 6.54 Å². The van der Waals surface area contributed by atoms with E-state index in [2.05, 4.69) is 33.1 Å². The van der Waals surface area contributed by atoms with Gasteiger partial charge in [-0.1, -0.05) is 42.5 Å². The van der Waals surface area contributed by atoms with Gasteiger partial charge in [0.2, 0.25) is 6.41 Å². The van der Waals surface area contributed by atoms with Gasteiger partial charge in [-0.15, -0.1) is 0 Å². The smallest absolute Gasteiger partial charge is 0.207 e. The van der Waals surface area contributed by atoms with E-state index in [1.165, 1.54) is 5.56 Å². The van der Waals surface area contributed by atoms with Crippen LogP contribution in [0.25, 0.3) is 11.0 Å². The van der Waals surface area contributed by atoms with Gasteiger partial charge in [0.05, 0.1) is 11.0 Å². The second-order valence-corrected chi connectivity index (χ2v) is 4.91. The molecule has 21 heavy (non-hydrogen) atoms. The first kappa shape index (κ1) is 13.4. The number of aromatic nitrogens is 2. The quantitative estimate of drug-likeness (QED) is 0.556. The average molecular weight is 279 g/mol. The van der Waals surface area contributed by atoms with Gasteiger partial charge in [-0.05, 0) is 17.7 Å². The number of carbonyl (C=O) groups excluding carboxylic acids is 1. The summed E-state index contributed by atoms with van der Waals surface area (Å²) in [5.41, 5.74) is 3.36. The van der Waals surface area contributed by atoms with Crippen LogP contribution in [0.15, 0.2) is 54.6 Å². The Labute approximate surface area is 123 Å². The van der Waals surface area contributed by atoms with Gasteiger partial charge < -0.3 is 9.88 Å². The third-order valence-electron chi connectivity index (χ3n) is 3.49. The number of benzene rings is 2. The lowest BCUT2D eigenvalue weighted by Crippen LogP contribution is -2.17. The third-order valence-corrected chi connectivity index (χ3v) is 3.49. The molecule has 2 aromatic carbocycles. The maximum absolute atomic E-state index is 10.4. The molecule has 3 rings (SSSR count). The Morgan fingerprint density at radius 2 is 1.81 bits per heavy atom. The number of rotatable bonds is 6. The van der Waals surface area contributed by atoms with Gasteiger partial charge >= 0.3 is 0 Å². The molecule has 1 aromatic heterocycles. The Balaban J connectivity index is 1.96. The summed E-state index contributed by atoms with van der Waals surface area (Å²) >= 11 is 0. The highest BCUT2D eigenvalue weighted by atomic mass is 16.1. The molecule has 0 atom stereocenters. The summed E-state index contributed by atoms with van der Waals surface area (Å²) in [6, 6.07) is 18.5. The fourth-order valence-electron chi connectivity index (χ4n) is 2.50. The number of amides is 1. The van der Waals surface area contributed by atoms with Crippen LogP contribution in [-0.4, -0.2) is 22.5 Å². The van der Waals surface area contributed by atoms with Gasteiger partial charge in [-0.3, -0.25) is 4.79 Å². The van der Waals surface area contributed by atoms with Crippen molar-refractivity contribution in [1.29, 1.82) is 0 Å². The Morgan fingerprint density at radius 3 is 2.62 bits per heavy atom. The highest BCUT2D eigenvalue weighted by Gasteiger charge is 2.10. The fraction of sp³-hybridized carbons (Fsp3) is 0.176. The topological polar surface area (TPSA) is 46.9 Å². The lowest BCUT2D eigenvalue weighted by Gasteiger charge is -2.09. The van der Waals surface area contributed by atoms with Crippen molar-refractivity contribution < 1.29 is 4.79 Å². The summed E-state index contributed by atoms with van der Waals surface area (Å²) in [4.78, 5) is 15.1. The van der Waals surface area contributed by atoms with Crippen LogP contribution >= 0.6 is 0 Å². The SMILES string of the molecule is O=CNCCc1nc2ccccc2n1Cc1ccccc1. The van der Waals surface area contributed by atoms with Crippen LogP contribution in [0.3, 0.4) is 0 Å². The zero-order valence-corrected chi connectivity index (χ0v) is 11.7.